The standard InChI is InChI=1S/C22H36N4O/c1-4-26-12-11-18(16-26)14-24-22(23-3)25-15-19-10-9-17(2)13-21(19)27-20-7-5-6-8-20/h9-10,13,18,20H,4-8,11-12,14-16H2,1-3H3,(H2,23,24,25). The van der Waals surface area contributed by atoms with Gasteiger partial charge in [-0.1, -0.05) is 19.1 Å². The van der Waals surface area contributed by atoms with Gasteiger partial charge in [0.2, 0.25) is 0 Å². The van der Waals surface area contributed by atoms with Gasteiger partial charge in [-0.25, -0.2) is 0 Å². The maximum Gasteiger partial charge on any atom is 0.191 e. The normalized spacial score (nSPS) is 21.6. The zero-order valence-corrected chi connectivity index (χ0v) is 17.3. The average Bonchev–Trinajstić information content (AvgIpc) is 3.35. The molecule has 150 valence electrons. The monoisotopic (exact) mass is 372 g/mol. The highest BCUT2D eigenvalue weighted by Crippen LogP contribution is 2.27. The molecule has 1 heterocycles. The highest BCUT2D eigenvalue weighted by atomic mass is 16.5. The van der Waals surface area contributed by atoms with Crippen molar-refractivity contribution in [3.05, 3.63) is 29.3 Å². The molecule has 27 heavy (non-hydrogen) atoms. The summed E-state index contributed by atoms with van der Waals surface area (Å²) in [6.07, 6.45) is 6.59. The van der Waals surface area contributed by atoms with Gasteiger partial charge >= 0.3 is 0 Å². The van der Waals surface area contributed by atoms with E-state index in [1.807, 2.05) is 7.05 Å². The fraction of sp³-hybridized carbons (Fsp3) is 0.682. The van der Waals surface area contributed by atoms with Crippen molar-refractivity contribution < 1.29 is 4.74 Å². The first-order valence-electron chi connectivity index (χ1n) is 10.6. The lowest BCUT2D eigenvalue weighted by atomic mass is 10.1. The molecule has 1 aromatic carbocycles. The van der Waals surface area contributed by atoms with Crippen LogP contribution in [0, 0.1) is 12.8 Å². The fourth-order valence-electron chi connectivity index (χ4n) is 4.11. The Morgan fingerprint density at radius 2 is 2.04 bits per heavy atom. The van der Waals surface area contributed by atoms with E-state index in [1.165, 1.54) is 56.3 Å². The van der Waals surface area contributed by atoms with Crippen molar-refractivity contribution in [2.45, 2.75) is 58.6 Å². The number of nitrogens with zero attached hydrogens (tertiary/aromatic N) is 2. The molecule has 5 heteroatoms. The first kappa shape index (κ1) is 20.0. The number of ether oxygens (including phenoxy) is 1. The Kier molecular flexibility index (Phi) is 7.39. The molecular weight excluding hydrogens is 336 g/mol. The average molecular weight is 373 g/mol. The Hall–Kier alpha value is -1.75. The number of likely N-dealkylation sites (tertiary alicyclic amines) is 1. The highest BCUT2D eigenvalue weighted by molar-refractivity contribution is 5.79. The minimum absolute atomic E-state index is 0.381. The van der Waals surface area contributed by atoms with Gasteiger partial charge < -0.3 is 20.3 Å². The minimum Gasteiger partial charge on any atom is -0.490 e. The van der Waals surface area contributed by atoms with Crippen LogP contribution in [0.25, 0.3) is 0 Å². The second-order valence-electron chi connectivity index (χ2n) is 7.99. The van der Waals surface area contributed by atoms with Crippen molar-refractivity contribution >= 4 is 5.96 Å². The molecular formula is C22H36N4O. The number of benzene rings is 1. The van der Waals surface area contributed by atoms with Gasteiger partial charge in [0.1, 0.15) is 5.75 Å². The first-order chi connectivity index (χ1) is 13.2. The molecule has 1 saturated carbocycles. The van der Waals surface area contributed by atoms with E-state index in [9.17, 15) is 0 Å². The summed E-state index contributed by atoms with van der Waals surface area (Å²) in [5.41, 5.74) is 2.45. The molecule has 0 radical (unpaired) electrons. The quantitative estimate of drug-likeness (QED) is 0.569. The molecule has 2 N–H and O–H groups in total. The van der Waals surface area contributed by atoms with E-state index in [1.54, 1.807) is 0 Å². The molecule has 0 amide bonds. The molecule has 1 aliphatic heterocycles. The predicted molar refractivity (Wildman–Crippen MR) is 112 cm³/mol. The molecule has 1 aromatic rings. The number of aryl methyl sites for hydroxylation is 1. The maximum atomic E-state index is 6.31. The van der Waals surface area contributed by atoms with Crippen LogP contribution < -0.4 is 15.4 Å². The van der Waals surface area contributed by atoms with E-state index in [0.717, 1.165) is 31.3 Å². The number of rotatable bonds is 7. The molecule has 0 bridgehead atoms. The second kappa shape index (κ2) is 9.98. The third kappa shape index (κ3) is 5.86. The predicted octanol–water partition coefficient (Wildman–Crippen LogP) is 3.32. The molecule has 1 saturated heterocycles. The zero-order valence-electron chi connectivity index (χ0n) is 17.3. The fourth-order valence-corrected chi connectivity index (χ4v) is 4.11. The van der Waals surface area contributed by atoms with E-state index >= 15 is 0 Å². The Morgan fingerprint density at radius 1 is 1.22 bits per heavy atom. The van der Waals surface area contributed by atoms with Gasteiger partial charge in [0.25, 0.3) is 0 Å². The number of nitrogens with one attached hydrogen (secondary N) is 2. The van der Waals surface area contributed by atoms with Crippen molar-refractivity contribution in [3.63, 3.8) is 0 Å². The minimum atomic E-state index is 0.381. The third-order valence-corrected chi connectivity index (χ3v) is 5.86. The Balaban J connectivity index is 1.51. The molecule has 5 nitrogen and oxygen atoms in total. The van der Waals surface area contributed by atoms with E-state index in [4.69, 9.17) is 4.74 Å². The van der Waals surface area contributed by atoms with Crippen LogP contribution in [-0.4, -0.2) is 50.2 Å². The summed E-state index contributed by atoms with van der Waals surface area (Å²) in [4.78, 5) is 6.91. The number of guanidine groups is 1. The molecule has 1 unspecified atom stereocenters. The van der Waals surface area contributed by atoms with Crippen LogP contribution >= 0.6 is 0 Å². The number of hydrogen-bond donors (Lipinski definition) is 2. The second-order valence-corrected chi connectivity index (χ2v) is 7.99. The van der Waals surface area contributed by atoms with E-state index in [0.29, 0.717) is 12.0 Å². The van der Waals surface area contributed by atoms with Crippen LogP contribution in [0.2, 0.25) is 0 Å². The van der Waals surface area contributed by atoms with Crippen LogP contribution in [0.4, 0.5) is 0 Å². The molecule has 0 spiro atoms. The SMILES string of the molecule is CCN1CCC(CNC(=NC)NCc2ccc(C)cc2OC2CCCC2)C1. The molecule has 1 atom stereocenters. The molecule has 1 aliphatic carbocycles. The van der Waals surface area contributed by atoms with Crippen molar-refractivity contribution in [3.8, 4) is 5.75 Å². The van der Waals surface area contributed by atoms with Crippen molar-refractivity contribution in [2.24, 2.45) is 10.9 Å². The van der Waals surface area contributed by atoms with Gasteiger partial charge in [-0.15, -0.1) is 0 Å². The van der Waals surface area contributed by atoms with E-state index < -0.39 is 0 Å². The smallest absolute Gasteiger partial charge is 0.191 e. The van der Waals surface area contributed by atoms with Gasteiger partial charge in [-0.3, -0.25) is 4.99 Å². The summed E-state index contributed by atoms with van der Waals surface area (Å²) in [5.74, 6) is 2.61. The summed E-state index contributed by atoms with van der Waals surface area (Å²) in [6.45, 7) is 9.64. The van der Waals surface area contributed by atoms with Gasteiger partial charge in [0, 0.05) is 32.2 Å². The molecule has 3 rings (SSSR count). The van der Waals surface area contributed by atoms with Crippen LogP contribution in [0.15, 0.2) is 23.2 Å². The van der Waals surface area contributed by atoms with Crippen LogP contribution in [0.1, 0.15) is 50.2 Å². The topological polar surface area (TPSA) is 48.9 Å². The number of aliphatic imine (C=N–C) groups is 1. The number of hydrogen-bond acceptors (Lipinski definition) is 3. The Bertz CT molecular complexity index is 625. The largest absolute Gasteiger partial charge is 0.490 e. The van der Waals surface area contributed by atoms with Gasteiger partial charge in [0.05, 0.1) is 6.10 Å². The van der Waals surface area contributed by atoms with Gasteiger partial charge in [0.15, 0.2) is 5.96 Å². The molecule has 2 aliphatic rings. The Labute approximate surface area is 164 Å². The summed E-state index contributed by atoms with van der Waals surface area (Å²) < 4.78 is 6.31. The van der Waals surface area contributed by atoms with Crippen LogP contribution in [0.3, 0.4) is 0 Å². The van der Waals surface area contributed by atoms with Crippen molar-refractivity contribution in [1.29, 1.82) is 0 Å². The molecule has 0 aromatic heterocycles. The first-order valence-corrected chi connectivity index (χ1v) is 10.6. The maximum absolute atomic E-state index is 6.31. The lowest BCUT2D eigenvalue weighted by Gasteiger charge is -2.19. The van der Waals surface area contributed by atoms with Crippen LogP contribution in [-0.2, 0) is 6.54 Å². The lowest BCUT2D eigenvalue weighted by Crippen LogP contribution is -2.40. The van der Waals surface area contributed by atoms with Crippen molar-refractivity contribution in [2.75, 3.05) is 33.2 Å². The van der Waals surface area contributed by atoms with Crippen LogP contribution in [0.5, 0.6) is 5.75 Å². The van der Waals surface area contributed by atoms with Gasteiger partial charge in [-0.2, -0.15) is 0 Å². The summed E-state index contributed by atoms with van der Waals surface area (Å²) in [5, 5.41) is 6.97. The summed E-state index contributed by atoms with van der Waals surface area (Å²) >= 11 is 0. The Morgan fingerprint density at radius 3 is 2.74 bits per heavy atom. The zero-order chi connectivity index (χ0) is 19.1. The van der Waals surface area contributed by atoms with Crippen molar-refractivity contribution in [1.82, 2.24) is 15.5 Å². The molecule has 2 fully saturated rings. The summed E-state index contributed by atoms with van der Waals surface area (Å²) in [6, 6.07) is 6.51. The highest BCUT2D eigenvalue weighted by Gasteiger charge is 2.21. The summed E-state index contributed by atoms with van der Waals surface area (Å²) in [7, 11) is 1.84. The van der Waals surface area contributed by atoms with Gasteiger partial charge in [-0.05, 0) is 69.7 Å². The van der Waals surface area contributed by atoms with E-state index in [-0.39, 0.29) is 0 Å². The lowest BCUT2D eigenvalue weighted by molar-refractivity contribution is 0.207. The van der Waals surface area contributed by atoms with E-state index in [2.05, 4.69) is 52.6 Å². The third-order valence-electron chi connectivity index (χ3n) is 5.86.